The first-order chi connectivity index (χ1) is 11.9. The van der Waals surface area contributed by atoms with E-state index in [9.17, 15) is 4.79 Å². The molecule has 7 atom stereocenters. The van der Waals surface area contributed by atoms with Gasteiger partial charge in [-0.2, -0.15) is 0 Å². The molecule has 0 aliphatic heterocycles. The van der Waals surface area contributed by atoms with Crippen molar-refractivity contribution in [3.63, 3.8) is 0 Å². The standard InChI is InChI=1S/C21H34N2O2/c1-4-10-21(3)17-9-11-20(2)14(12-19(24)25-13-22)5-7-16(20)15(17)6-8-18(21)23/h14-18H,4-12,23H2,1-3H3. The third-order valence-electron chi connectivity index (χ3n) is 8.50. The number of hydrogen-bond donors (Lipinski definition) is 1. The lowest BCUT2D eigenvalue weighted by atomic mass is 9.47. The molecule has 0 spiro atoms. The van der Waals surface area contributed by atoms with Crippen LogP contribution in [0.25, 0.3) is 0 Å². The molecular weight excluding hydrogens is 312 g/mol. The summed E-state index contributed by atoms with van der Waals surface area (Å²) in [7, 11) is 0. The van der Waals surface area contributed by atoms with E-state index in [0.29, 0.717) is 24.3 Å². The van der Waals surface area contributed by atoms with Crippen LogP contribution in [-0.2, 0) is 9.53 Å². The van der Waals surface area contributed by atoms with Crippen molar-refractivity contribution in [2.75, 3.05) is 0 Å². The molecule has 0 aromatic rings. The number of ether oxygens (including phenoxy) is 1. The van der Waals surface area contributed by atoms with E-state index in [4.69, 9.17) is 11.0 Å². The molecule has 2 N–H and O–H groups in total. The Morgan fingerprint density at radius 3 is 2.64 bits per heavy atom. The molecule has 0 saturated heterocycles. The molecule has 3 aliphatic rings. The van der Waals surface area contributed by atoms with Crippen LogP contribution in [0.4, 0.5) is 0 Å². The van der Waals surface area contributed by atoms with Crippen molar-refractivity contribution >= 4 is 5.97 Å². The number of hydrogen-bond acceptors (Lipinski definition) is 4. The van der Waals surface area contributed by atoms with Gasteiger partial charge in [0, 0.05) is 6.04 Å². The van der Waals surface area contributed by atoms with Crippen LogP contribution >= 0.6 is 0 Å². The topological polar surface area (TPSA) is 76.1 Å². The predicted molar refractivity (Wildman–Crippen MR) is 97.1 cm³/mol. The summed E-state index contributed by atoms with van der Waals surface area (Å²) in [6.45, 7) is 7.12. The highest BCUT2D eigenvalue weighted by molar-refractivity contribution is 5.70. The quantitative estimate of drug-likeness (QED) is 0.605. The zero-order chi connectivity index (χ0) is 18.2. The van der Waals surface area contributed by atoms with Gasteiger partial charge < -0.3 is 10.5 Å². The van der Waals surface area contributed by atoms with Crippen LogP contribution in [0, 0.1) is 46.0 Å². The van der Waals surface area contributed by atoms with Gasteiger partial charge in [-0.25, -0.2) is 0 Å². The molecule has 0 aromatic carbocycles. The van der Waals surface area contributed by atoms with Crippen molar-refractivity contribution in [1.82, 2.24) is 0 Å². The zero-order valence-electron chi connectivity index (χ0n) is 16.1. The van der Waals surface area contributed by atoms with Crippen molar-refractivity contribution in [3.8, 4) is 6.26 Å². The van der Waals surface area contributed by atoms with Crippen LogP contribution in [0.5, 0.6) is 0 Å². The summed E-state index contributed by atoms with van der Waals surface area (Å²) in [6.07, 6.45) is 11.5. The van der Waals surface area contributed by atoms with Crippen LogP contribution in [-0.4, -0.2) is 12.0 Å². The summed E-state index contributed by atoms with van der Waals surface area (Å²) in [6, 6.07) is 0.334. The number of carbonyl (C=O) groups excluding carboxylic acids is 1. The first kappa shape index (κ1) is 18.7. The highest BCUT2D eigenvalue weighted by Gasteiger charge is 2.58. The molecule has 7 unspecified atom stereocenters. The predicted octanol–water partition coefficient (Wildman–Crippen LogP) is 4.39. The van der Waals surface area contributed by atoms with Crippen LogP contribution in [0.2, 0.25) is 0 Å². The Labute approximate surface area is 152 Å². The summed E-state index contributed by atoms with van der Waals surface area (Å²) in [5.41, 5.74) is 7.11. The third kappa shape index (κ3) is 2.99. The average molecular weight is 347 g/mol. The molecule has 0 amide bonds. The molecule has 3 fully saturated rings. The van der Waals surface area contributed by atoms with Crippen molar-refractivity contribution in [1.29, 1.82) is 5.26 Å². The first-order valence-corrected chi connectivity index (χ1v) is 10.2. The van der Waals surface area contributed by atoms with E-state index in [1.165, 1.54) is 44.8 Å². The molecule has 140 valence electrons. The molecule has 4 heteroatoms. The Morgan fingerprint density at radius 2 is 1.96 bits per heavy atom. The number of carbonyl (C=O) groups is 1. The minimum absolute atomic E-state index is 0.226. The van der Waals surface area contributed by atoms with Crippen molar-refractivity contribution < 1.29 is 9.53 Å². The molecule has 25 heavy (non-hydrogen) atoms. The second-order valence-corrected chi connectivity index (χ2v) is 9.40. The lowest BCUT2D eigenvalue weighted by molar-refractivity contribution is -0.140. The Kier molecular flexibility index (Phi) is 5.17. The normalized spacial score (nSPS) is 46.0. The Morgan fingerprint density at radius 1 is 1.20 bits per heavy atom. The van der Waals surface area contributed by atoms with Crippen molar-refractivity contribution in [2.45, 2.75) is 84.6 Å². The van der Waals surface area contributed by atoms with Gasteiger partial charge in [0.25, 0.3) is 6.26 Å². The second-order valence-electron chi connectivity index (χ2n) is 9.40. The van der Waals surface area contributed by atoms with Crippen LogP contribution in [0.1, 0.15) is 78.6 Å². The summed E-state index contributed by atoms with van der Waals surface area (Å²) in [5.74, 6) is 2.21. The molecule has 0 heterocycles. The lowest BCUT2D eigenvalue weighted by Gasteiger charge is -2.58. The van der Waals surface area contributed by atoms with Gasteiger partial charge in [0.05, 0.1) is 6.42 Å². The fourth-order valence-corrected chi connectivity index (χ4v) is 7.13. The van der Waals surface area contributed by atoms with E-state index >= 15 is 0 Å². The number of fused-ring (bicyclic) bond motifs is 3. The van der Waals surface area contributed by atoms with Gasteiger partial charge in [-0.15, -0.1) is 5.26 Å². The number of rotatable bonds is 4. The molecule has 0 radical (unpaired) electrons. The molecule has 3 aliphatic carbocycles. The fourth-order valence-electron chi connectivity index (χ4n) is 7.13. The highest BCUT2D eigenvalue weighted by Crippen LogP contribution is 2.65. The van der Waals surface area contributed by atoms with Gasteiger partial charge in [-0.3, -0.25) is 4.79 Å². The van der Waals surface area contributed by atoms with E-state index in [1.54, 1.807) is 0 Å². The van der Waals surface area contributed by atoms with E-state index in [1.807, 2.05) is 0 Å². The first-order valence-electron chi connectivity index (χ1n) is 10.2. The number of nitrogens with zero attached hydrogens (tertiary/aromatic N) is 1. The van der Waals surface area contributed by atoms with Gasteiger partial charge >= 0.3 is 5.97 Å². The Hall–Kier alpha value is -1.08. The minimum atomic E-state index is -0.349. The maximum absolute atomic E-state index is 11.9. The SMILES string of the molecule is CCCC1(C)C(N)CCC2C1CCC1(C)C(CC(=O)OC#N)CCC21. The molecular formula is C21H34N2O2. The van der Waals surface area contributed by atoms with Crippen molar-refractivity contribution in [3.05, 3.63) is 0 Å². The Bertz CT molecular complexity index is 557. The minimum Gasteiger partial charge on any atom is -0.351 e. The monoisotopic (exact) mass is 346 g/mol. The van der Waals surface area contributed by atoms with Gasteiger partial charge in [0.2, 0.25) is 0 Å². The highest BCUT2D eigenvalue weighted by atomic mass is 16.5. The van der Waals surface area contributed by atoms with E-state index in [0.717, 1.165) is 24.7 Å². The second kappa shape index (κ2) is 6.91. The van der Waals surface area contributed by atoms with Crippen LogP contribution < -0.4 is 5.73 Å². The number of esters is 1. The summed E-state index contributed by atoms with van der Waals surface area (Å²) in [5, 5.41) is 8.59. The molecule has 0 bridgehead atoms. The maximum atomic E-state index is 11.9. The third-order valence-corrected chi connectivity index (χ3v) is 8.50. The van der Waals surface area contributed by atoms with E-state index < -0.39 is 0 Å². The fraction of sp³-hybridized carbons (Fsp3) is 0.905. The van der Waals surface area contributed by atoms with E-state index in [-0.39, 0.29) is 16.8 Å². The van der Waals surface area contributed by atoms with Gasteiger partial charge in [-0.1, -0.05) is 27.2 Å². The summed E-state index contributed by atoms with van der Waals surface area (Å²) >= 11 is 0. The molecule has 4 nitrogen and oxygen atoms in total. The van der Waals surface area contributed by atoms with Crippen LogP contribution in [0.15, 0.2) is 0 Å². The van der Waals surface area contributed by atoms with Gasteiger partial charge in [0.15, 0.2) is 0 Å². The van der Waals surface area contributed by atoms with Gasteiger partial charge in [-0.05, 0) is 79.4 Å². The Balaban J connectivity index is 1.79. The number of nitrogens with two attached hydrogens (primary N) is 1. The average Bonchev–Trinajstić information content (AvgIpc) is 2.88. The van der Waals surface area contributed by atoms with Crippen LogP contribution in [0.3, 0.4) is 0 Å². The molecule has 0 aromatic heterocycles. The summed E-state index contributed by atoms with van der Waals surface area (Å²) < 4.78 is 4.56. The smallest absolute Gasteiger partial charge is 0.321 e. The lowest BCUT2D eigenvalue weighted by Crippen LogP contribution is -2.56. The van der Waals surface area contributed by atoms with E-state index in [2.05, 4.69) is 25.5 Å². The largest absolute Gasteiger partial charge is 0.351 e. The zero-order valence-corrected chi connectivity index (χ0v) is 16.1. The molecule has 3 saturated carbocycles. The van der Waals surface area contributed by atoms with Crippen molar-refractivity contribution in [2.24, 2.45) is 40.2 Å². The number of nitriles is 1. The summed E-state index contributed by atoms with van der Waals surface area (Å²) in [4.78, 5) is 11.9. The van der Waals surface area contributed by atoms with Gasteiger partial charge in [0.1, 0.15) is 0 Å². The molecule has 3 rings (SSSR count). The maximum Gasteiger partial charge on any atom is 0.321 e.